The molecule has 1 aromatic carbocycles. The lowest BCUT2D eigenvalue weighted by Crippen LogP contribution is -2.36. The summed E-state index contributed by atoms with van der Waals surface area (Å²) in [6, 6.07) is 12.9. The van der Waals surface area contributed by atoms with Gasteiger partial charge in [-0.2, -0.15) is 0 Å². The van der Waals surface area contributed by atoms with E-state index in [1.165, 1.54) is 31.9 Å². The molecule has 0 bridgehead atoms. The summed E-state index contributed by atoms with van der Waals surface area (Å²) >= 11 is 1.86. The summed E-state index contributed by atoms with van der Waals surface area (Å²) < 4.78 is 7.69. The summed E-state index contributed by atoms with van der Waals surface area (Å²) in [5.74, 6) is 0. The number of carbonyl (C=O) groups excluding carboxylic acids is 1. The Balaban J connectivity index is 1.66. The van der Waals surface area contributed by atoms with E-state index >= 15 is 0 Å². The molecule has 0 radical (unpaired) electrons. The molecule has 1 amide bonds. The molecule has 3 heterocycles. The van der Waals surface area contributed by atoms with Gasteiger partial charge in [-0.3, -0.25) is 0 Å². The monoisotopic (exact) mass is 368 g/mol. The highest BCUT2D eigenvalue weighted by molar-refractivity contribution is 7.18. The van der Waals surface area contributed by atoms with E-state index in [0.29, 0.717) is 13.2 Å². The van der Waals surface area contributed by atoms with Crippen molar-refractivity contribution >= 4 is 27.6 Å². The molecular formula is C21H24N2O2S. The molecule has 1 aliphatic rings. The average Bonchev–Trinajstić information content (AvgIpc) is 3.16. The molecule has 1 aliphatic heterocycles. The van der Waals surface area contributed by atoms with Gasteiger partial charge >= 0.3 is 6.09 Å². The number of hydrogen-bond donors (Lipinski definition) is 0. The summed E-state index contributed by atoms with van der Waals surface area (Å²) in [5.41, 5.74) is 4.06. The third kappa shape index (κ3) is 3.12. The van der Waals surface area contributed by atoms with Gasteiger partial charge < -0.3 is 14.2 Å². The van der Waals surface area contributed by atoms with Crippen LogP contribution in [0.2, 0.25) is 0 Å². The Hall–Kier alpha value is -2.27. The Kier molecular flexibility index (Phi) is 4.72. The maximum atomic E-state index is 12.2. The van der Waals surface area contributed by atoms with Gasteiger partial charge in [0.2, 0.25) is 0 Å². The van der Waals surface area contributed by atoms with E-state index in [1.54, 1.807) is 0 Å². The van der Waals surface area contributed by atoms with Crippen LogP contribution in [-0.4, -0.2) is 28.7 Å². The fourth-order valence-corrected chi connectivity index (χ4v) is 4.91. The Morgan fingerprint density at radius 3 is 2.85 bits per heavy atom. The van der Waals surface area contributed by atoms with E-state index in [0.717, 1.165) is 25.9 Å². The lowest BCUT2D eigenvalue weighted by Gasteiger charge is -2.27. The number of aryl methyl sites for hydroxylation is 3. The molecule has 5 heteroatoms. The van der Waals surface area contributed by atoms with E-state index in [1.807, 2.05) is 23.2 Å². The second-order valence-corrected chi connectivity index (χ2v) is 7.99. The Bertz CT molecular complexity index is 927. The van der Waals surface area contributed by atoms with Gasteiger partial charge in [-0.1, -0.05) is 30.3 Å². The zero-order valence-corrected chi connectivity index (χ0v) is 16.1. The van der Waals surface area contributed by atoms with Crippen LogP contribution in [0.4, 0.5) is 4.79 Å². The van der Waals surface area contributed by atoms with Crippen LogP contribution in [0.5, 0.6) is 0 Å². The van der Waals surface area contributed by atoms with Crippen molar-refractivity contribution in [3.63, 3.8) is 0 Å². The number of nitrogens with zero attached hydrogens (tertiary/aromatic N) is 2. The first-order valence-electron chi connectivity index (χ1n) is 9.23. The molecule has 2 aromatic heterocycles. The van der Waals surface area contributed by atoms with Gasteiger partial charge in [0.05, 0.1) is 13.2 Å². The van der Waals surface area contributed by atoms with Crippen LogP contribution in [-0.2, 0) is 30.7 Å². The van der Waals surface area contributed by atoms with Crippen LogP contribution in [0.15, 0.2) is 36.4 Å². The topological polar surface area (TPSA) is 34.5 Å². The molecule has 0 aliphatic carbocycles. The summed E-state index contributed by atoms with van der Waals surface area (Å²) in [6.45, 7) is 6.80. The maximum absolute atomic E-state index is 12.2. The average molecular weight is 369 g/mol. The zero-order chi connectivity index (χ0) is 18.1. The number of ether oxygens (including phenoxy) is 1. The number of thiophene rings is 1. The molecule has 0 spiro atoms. The van der Waals surface area contributed by atoms with Crippen molar-refractivity contribution in [1.29, 1.82) is 0 Å². The lowest BCUT2D eigenvalue weighted by atomic mass is 10.1. The minimum Gasteiger partial charge on any atom is -0.450 e. The quantitative estimate of drug-likeness (QED) is 0.665. The van der Waals surface area contributed by atoms with Gasteiger partial charge in [0.1, 0.15) is 4.83 Å². The van der Waals surface area contributed by atoms with Gasteiger partial charge in [-0.25, -0.2) is 4.79 Å². The fraction of sp³-hybridized carbons (Fsp3) is 0.381. The van der Waals surface area contributed by atoms with Crippen molar-refractivity contribution in [1.82, 2.24) is 9.47 Å². The van der Waals surface area contributed by atoms with Gasteiger partial charge in [-0.05, 0) is 31.9 Å². The smallest absolute Gasteiger partial charge is 0.410 e. The molecule has 0 saturated carbocycles. The molecule has 0 atom stereocenters. The molecule has 26 heavy (non-hydrogen) atoms. The Labute approximate surface area is 158 Å². The highest BCUT2D eigenvalue weighted by Crippen LogP contribution is 2.36. The van der Waals surface area contributed by atoms with Crippen LogP contribution in [0.1, 0.15) is 28.6 Å². The molecule has 3 aromatic rings. The summed E-state index contributed by atoms with van der Waals surface area (Å²) in [5, 5.41) is 1.31. The minimum absolute atomic E-state index is 0.199. The maximum Gasteiger partial charge on any atom is 0.410 e. The normalized spacial score (nSPS) is 13.8. The van der Waals surface area contributed by atoms with E-state index in [-0.39, 0.29) is 6.09 Å². The largest absolute Gasteiger partial charge is 0.450 e. The Morgan fingerprint density at radius 1 is 1.27 bits per heavy atom. The third-order valence-corrected chi connectivity index (χ3v) is 6.11. The SMILES string of the molecule is CCOC(=O)N1CCc2c(c3cc(C)sc3n2CCc2ccccc2)C1. The van der Waals surface area contributed by atoms with E-state index in [9.17, 15) is 4.79 Å². The van der Waals surface area contributed by atoms with Crippen LogP contribution >= 0.6 is 11.3 Å². The molecule has 4 rings (SSSR count). The second kappa shape index (κ2) is 7.16. The fourth-order valence-electron chi connectivity index (χ4n) is 3.83. The third-order valence-electron chi connectivity index (χ3n) is 5.04. The van der Waals surface area contributed by atoms with Crippen molar-refractivity contribution in [2.45, 2.75) is 39.8 Å². The van der Waals surface area contributed by atoms with E-state index in [4.69, 9.17) is 4.74 Å². The zero-order valence-electron chi connectivity index (χ0n) is 15.3. The van der Waals surface area contributed by atoms with Crippen LogP contribution in [0.25, 0.3) is 10.2 Å². The van der Waals surface area contributed by atoms with Crippen molar-refractivity contribution in [2.75, 3.05) is 13.2 Å². The molecule has 0 N–H and O–H groups in total. The standard InChI is InChI=1S/C21H24N2O2S/c1-3-25-21(24)22-11-10-19-18(14-22)17-13-15(2)26-20(17)23(19)12-9-16-7-5-4-6-8-16/h4-8,13H,3,9-12,14H2,1-2H3. The van der Waals surface area contributed by atoms with Gasteiger partial charge in [0.25, 0.3) is 0 Å². The first-order valence-corrected chi connectivity index (χ1v) is 10.0. The van der Waals surface area contributed by atoms with Gasteiger partial charge in [0, 0.05) is 41.0 Å². The van der Waals surface area contributed by atoms with Crippen LogP contribution in [0.3, 0.4) is 0 Å². The highest BCUT2D eigenvalue weighted by atomic mass is 32.1. The van der Waals surface area contributed by atoms with Gasteiger partial charge in [-0.15, -0.1) is 11.3 Å². The number of benzene rings is 1. The number of hydrogen-bond acceptors (Lipinski definition) is 3. The number of aromatic nitrogens is 1. The number of fused-ring (bicyclic) bond motifs is 3. The van der Waals surface area contributed by atoms with Crippen LogP contribution in [0, 0.1) is 6.92 Å². The van der Waals surface area contributed by atoms with Crippen molar-refractivity contribution < 1.29 is 9.53 Å². The first-order chi connectivity index (χ1) is 12.7. The molecule has 0 saturated heterocycles. The lowest BCUT2D eigenvalue weighted by molar-refractivity contribution is 0.102. The summed E-state index contributed by atoms with van der Waals surface area (Å²) in [6.07, 6.45) is 1.72. The molecule has 136 valence electrons. The molecule has 0 fully saturated rings. The second-order valence-electron chi connectivity index (χ2n) is 6.76. The van der Waals surface area contributed by atoms with Crippen LogP contribution < -0.4 is 0 Å². The Morgan fingerprint density at radius 2 is 2.08 bits per heavy atom. The van der Waals surface area contributed by atoms with Crippen molar-refractivity contribution in [2.24, 2.45) is 0 Å². The highest BCUT2D eigenvalue weighted by Gasteiger charge is 2.28. The number of amides is 1. The number of carbonyl (C=O) groups is 1. The molecular weight excluding hydrogens is 344 g/mol. The predicted molar refractivity (Wildman–Crippen MR) is 106 cm³/mol. The molecule has 4 nitrogen and oxygen atoms in total. The van der Waals surface area contributed by atoms with Gasteiger partial charge in [0.15, 0.2) is 0 Å². The van der Waals surface area contributed by atoms with Crippen molar-refractivity contribution in [3.05, 3.63) is 58.1 Å². The van der Waals surface area contributed by atoms with E-state index in [2.05, 4.69) is 47.9 Å². The summed E-state index contributed by atoms with van der Waals surface area (Å²) in [7, 11) is 0. The van der Waals surface area contributed by atoms with Crippen molar-refractivity contribution in [3.8, 4) is 0 Å². The first kappa shape index (κ1) is 17.2. The summed E-state index contributed by atoms with van der Waals surface area (Å²) in [4.78, 5) is 16.7. The predicted octanol–water partition coefficient (Wildman–Crippen LogP) is 4.77. The minimum atomic E-state index is -0.199. The number of rotatable bonds is 4. The molecule has 0 unspecified atom stereocenters. The van der Waals surface area contributed by atoms with E-state index < -0.39 is 0 Å².